The SMILES string of the molecule is C=C/C1=C(C=C)/C(N(N)C(C)C)=C(/N)c2ccccc2N(C)C1.CC. The molecule has 4 N–H and O–H groups in total. The Hall–Kier alpha value is -2.46. The van der Waals surface area contributed by atoms with Crippen molar-refractivity contribution in [2.75, 3.05) is 18.5 Å². The molecule has 1 aliphatic heterocycles. The smallest absolute Gasteiger partial charge is 0.0832 e. The van der Waals surface area contributed by atoms with Crippen LogP contribution in [0.2, 0.25) is 0 Å². The van der Waals surface area contributed by atoms with E-state index in [0.29, 0.717) is 12.2 Å². The fourth-order valence-corrected chi connectivity index (χ4v) is 2.82. The van der Waals surface area contributed by atoms with Crippen molar-refractivity contribution >= 4 is 11.4 Å². The van der Waals surface area contributed by atoms with Gasteiger partial charge in [0.15, 0.2) is 0 Å². The van der Waals surface area contributed by atoms with E-state index in [1.165, 1.54) is 0 Å². The third-order valence-corrected chi connectivity index (χ3v) is 4.13. The number of fused-ring (bicyclic) bond motifs is 1. The summed E-state index contributed by atoms with van der Waals surface area (Å²) in [6, 6.07) is 8.19. The number of benzene rings is 1. The van der Waals surface area contributed by atoms with Crippen LogP contribution >= 0.6 is 0 Å². The van der Waals surface area contributed by atoms with E-state index in [4.69, 9.17) is 11.6 Å². The van der Waals surface area contributed by atoms with Crippen molar-refractivity contribution in [1.82, 2.24) is 5.01 Å². The van der Waals surface area contributed by atoms with Crippen molar-refractivity contribution in [2.24, 2.45) is 11.6 Å². The molecule has 4 heteroatoms. The molecule has 0 saturated carbocycles. The van der Waals surface area contributed by atoms with Gasteiger partial charge in [-0.15, -0.1) is 0 Å². The van der Waals surface area contributed by atoms with Gasteiger partial charge in [-0.05, 0) is 25.5 Å². The van der Waals surface area contributed by atoms with Crippen molar-refractivity contribution in [3.8, 4) is 0 Å². The summed E-state index contributed by atoms with van der Waals surface area (Å²) < 4.78 is 0. The van der Waals surface area contributed by atoms with Crippen LogP contribution in [0.3, 0.4) is 0 Å². The topological polar surface area (TPSA) is 58.5 Å². The molecule has 0 saturated heterocycles. The second-order valence-electron chi connectivity index (χ2n) is 5.98. The molecule has 25 heavy (non-hydrogen) atoms. The molecule has 0 bridgehead atoms. The number of hydrogen-bond donors (Lipinski definition) is 2. The molecule has 0 atom stereocenters. The largest absolute Gasteiger partial charge is 0.396 e. The summed E-state index contributed by atoms with van der Waals surface area (Å²) in [5.41, 5.74) is 12.0. The first-order valence-corrected chi connectivity index (χ1v) is 8.75. The normalized spacial score (nSPS) is 20.0. The number of para-hydroxylation sites is 1. The Morgan fingerprint density at radius 2 is 1.76 bits per heavy atom. The Kier molecular flexibility index (Phi) is 7.52. The molecule has 0 fully saturated rings. The lowest BCUT2D eigenvalue weighted by molar-refractivity contribution is 0.301. The van der Waals surface area contributed by atoms with E-state index in [-0.39, 0.29) is 6.04 Å². The highest BCUT2D eigenvalue weighted by atomic mass is 15.4. The van der Waals surface area contributed by atoms with Crippen molar-refractivity contribution in [3.63, 3.8) is 0 Å². The molecule has 0 radical (unpaired) electrons. The second kappa shape index (κ2) is 9.14. The minimum Gasteiger partial charge on any atom is -0.396 e. The van der Waals surface area contributed by atoms with Crippen LogP contribution in [-0.4, -0.2) is 24.6 Å². The number of anilines is 1. The molecular formula is C21H32N4. The molecule has 0 spiro atoms. The van der Waals surface area contributed by atoms with Gasteiger partial charge in [-0.2, -0.15) is 0 Å². The molecule has 1 aliphatic rings. The molecule has 1 aromatic rings. The lowest BCUT2D eigenvalue weighted by Gasteiger charge is -2.33. The number of nitrogens with zero attached hydrogens (tertiary/aromatic N) is 2. The lowest BCUT2D eigenvalue weighted by atomic mass is 9.95. The molecule has 136 valence electrons. The summed E-state index contributed by atoms with van der Waals surface area (Å²) in [7, 11) is 2.05. The molecule has 0 aromatic heterocycles. The number of nitrogens with two attached hydrogens (primary N) is 2. The van der Waals surface area contributed by atoms with Gasteiger partial charge in [0, 0.05) is 36.5 Å². The maximum absolute atomic E-state index is 6.56. The van der Waals surface area contributed by atoms with Crippen LogP contribution < -0.4 is 16.5 Å². The number of hydrogen-bond acceptors (Lipinski definition) is 4. The van der Waals surface area contributed by atoms with Gasteiger partial charge in [0.05, 0.1) is 11.4 Å². The number of hydrazine groups is 1. The molecule has 4 nitrogen and oxygen atoms in total. The van der Waals surface area contributed by atoms with Gasteiger partial charge in [-0.1, -0.05) is 57.4 Å². The minimum atomic E-state index is 0.105. The van der Waals surface area contributed by atoms with Gasteiger partial charge >= 0.3 is 0 Å². The van der Waals surface area contributed by atoms with Crippen LogP contribution in [0.15, 0.2) is 66.4 Å². The zero-order valence-corrected chi connectivity index (χ0v) is 16.2. The lowest BCUT2D eigenvalue weighted by Crippen LogP contribution is -2.39. The number of rotatable bonds is 4. The maximum atomic E-state index is 6.56. The average Bonchev–Trinajstić information content (AvgIpc) is 2.64. The Morgan fingerprint density at radius 1 is 1.16 bits per heavy atom. The third-order valence-electron chi connectivity index (χ3n) is 4.13. The van der Waals surface area contributed by atoms with Gasteiger partial charge in [0.25, 0.3) is 0 Å². The molecule has 0 aliphatic carbocycles. The van der Waals surface area contributed by atoms with Crippen LogP contribution in [0.4, 0.5) is 5.69 Å². The molecule has 0 amide bonds. The second-order valence-corrected chi connectivity index (χ2v) is 5.98. The Morgan fingerprint density at radius 3 is 2.28 bits per heavy atom. The highest BCUT2D eigenvalue weighted by Crippen LogP contribution is 2.34. The summed E-state index contributed by atoms with van der Waals surface area (Å²) in [6.45, 7) is 16.7. The molecule has 2 rings (SSSR count). The van der Waals surface area contributed by atoms with E-state index in [1.807, 2.05) is 65.1 Å². The Balaban J connectivity index is 0.00000151. The van der Waals surface area contributed by atoms with E-state index >= 15 is 0 Å². The van der Waals surface area contributed by atoms with Crippen LogP contribution in [0, 0.1) is 0 Å². The van der Waals surface area contributed by atoms with Crippen LogP contribution in [0.25, 0.3) is 5.70 Å². The van der Waals surface area contributed by atoms with Gasteiger partial charge in [-0.3, -0.25) is 0 Å². The van der Waals surface area contributed by atoms with Crippen LogP contribution in [-0.2, 0) is 0 Å². The van der Waals surface area contributed by atoms with Crippen LogP contribution in [0.1, 0.15) is 33.3 Å². The van der Waals surface area contributed by atoms with Crippen molar-refractivity contribution < 1.29 is 0 Å². The first-order chi connectivity index (χ1) is 11.9. The fraction of sp³-hybridized carbons (Fsp3) is 0.333. The van der Waals surface area contributed by atoms with Gasteiger partial charge in [0.2, 0.25) is 0 Å². The minimum absolute atomic E-state index is 0.105. The summed E-state index contributed by atoms with van der Waals surface area (Å²) in [5, 5.41) is 1.71. The first kappa shape index (κ1) is 20.6. The van der Waals surface area contributed by atoms with E-state index in [1.54, 1.807) is 5.01 Å². The van der Waals surface area contributed by atoms with E-state index in [2.05, 4.69) is 24.1 Å². The zero-order chi connectivity index (χ0) is 19.1. The summed E-state index contributed by atoms with van der Waals surface area (Å²) in [4.78, 5) is 2.16. The van der Waals surface area contributed by atoms with Crippen molar-refractivity contribution in [3.05, 3.63) is 72.0 Å². The third kappa shape index (κ3) is 4.15. The summed E-state index contributed by atoms with van der Waals surface area (Å²) in [5.74, 6) is 6.34. The molecule has 0 unspecified atom stereocenters. The summed E-state index contributed by atoms with van der Waals surface area (Å²) >= 11 is 0. The predicted molar refractivity (Wildman–Crippen MR) is 111 cm³/mol. The molecule has 1 heterocycles. The van der Waals surface area contributed by atoms with Crippen molar-refractivity contribution in [1.29, 1.82) is 0 Å². The monoisotopic (exact) mass is 340 g/mol. The average molecular weight is 341 g/mol. The Bertz CT molecular complexity index is 683. The maximum Gasteiger partial charge on any atom is 0.0832 e. The standard InChI is InChI=1S/C19H26N4.C2H6/c1-6-14-12-22(5)17-11-9-8-10-16(17)18(20)19(15(14)7-2)23(21)13(3)4;1-2/h6-11,13H,1-2,12,20-21H2,3-5H3;1-2H3/b15-14-,19-18-;. The van der Waals surface area contributed by atoms with Gasteiger partial charge < -0.3 is 15.6 Å². The van der Waals surface area contributed by atoms with E-state index in [0.717, 1.165) is 28.1 Å². The summed E-state index contributed by atoms with van der Waals surface area (Å²) in [6.07, 6.45) is 3.66. The van der Waals surface area contributed by atoms with Crippen LogP contribution in [0.5, 0.6) is 0 Å². The highest BCUT2D eigenvalue weighted by Gasteiger charge is 2.24. The number of allylic oxidation sites excluding steroid dienone is 1. The van der Waals surface area contributed by atoms with Gasteiger partial charge in [0.1, 0.15) is 0 Å². The van der Waals surface area contributed by atoms with Gasteiger partial charge in [-0.25, -0.2) is 5.84 Å². The quantitative estimate of drug-likeness (QED) is 0.641. The molecular weight excluding hydrogens is 308 g/mol. The molecule has 1 aromatic carbocycles. The van der Waals surface area contributed by atoms with Crippen molar-refractivity contribution in [2.45, 2.75) is 33.7 Å². The predicted octanol–water partition coefficient (Wildman–Crippen LogP) is 4.04. The zero-order valence-electron chi connectivity index (χ0n) is 16.2. The van der Waals surface area contributed by atoms with E-state index in [9.17, 15) is 0 Å². The Labute approximate surface area is 152 Å². The highest BCUT2D eigenvalue weighted by molar-refractivity contribution is 5.81. The van der Waals surface area contributed by atoms with E-state index < -0.39 is 0 Å². The number of likely N-dealkylation sites (N-methyl/N-ethyl adjacent to an activating group) is 1. The first-order valence-electron chi connectivity index (χ1n) is 8.75. The fourth-order valence-electron chi connectivity index (χ4n) is 2.82.